The first-order chi connectivity index (χ1) is 46.6. The average Bonchev–Trinajstić information content (AvgIpc) is 1.58. The molecule has 0 spiro atoms. The Morgan fingerprint density at radius 2 is 0.564 bits per heavy atom. The van der Waals surface area contributed by atoms with E-state index in [1.54, 1.807) is 0 Å². The molecule has 94 heavy (non-hydrogen) atoms. The van der Waals surface area contributed by atoms with E-state index in [1.165, 1.54) is 107 Å². The Morgan fingerprint density at radius 3 is 1.02 bits per heavy atom. The molecular weight excluding hydrogens is 1180 g/mol. The highest BCUT2D eigenvalue weighted by atomic mass is 32.1. The molecule has 0 fully saturated rings. The van der Waals surface area contributed by atoms with Crippen LogP contribution in [0.15, 0.2) is 336 Å². The summed E-state index contributed by atoms with van der Waals surface area (Å²) < 4.78 is 23.0. The lowest BCUT2D eigenvalue weighted by Crippen LogP contribution is -1.92. The molecule has 0 saturated carbocycles. The van der Waals surface area contributed by atoms with Crippen LogP contribution in [-0.4, -0.2) is 9.13 Å². The van der Waals surface area contributed by atoms with E-state index in [0.717, 1.165) is 77.3 Å². The summed E-state index contributed by atoms with van der Waals surface area (Å²) in [6.07, 6.45) is 0. The fraction of sp³-hybridized carbons (Fsp3) is 0. The van der Waals surface area contributed by atoms with Gasteiger partial charge in [0.1, 0.15) is 22.2 Å². The van der Waals surface area contributed by atoms with Crippen LogP contribution in [0.3, 0.4) is 0 Å². The molecule has 0 radical (unpaired) electrons. The van der Waals surface area contributed by atoms with Crippen molar-refractivity contribution < 1.29 is 8.83 Å². The van der Waals surface area contributed by atoms with Crippen molar-refractivity contribution in [3.63, 3.8) is 0 Å². The molecule has 0 aliphatic rings. The number of hydrogen-bond acceptors (Lipinski definition) is 4. The van der Waals surface area contributed by atoms with Gasteiger partial charge in [0.15, 0.2) is 11.2 Å². The molecule has 0 aliphatic heterocycles. The summed E-state index contributed by atoms with van der Waals surface area (Å²) in [5, 5.41) is 9.75. The molecule has 440 valence electrons. The molecule has 6 heteroatoms. The monoisotopic (exact) mass is 1230 g/mol. The van der Waals surface area contributed by atoms with Gasteiger partial charge in [-0.05, 0) is 152 Å². The van der Waals surface area contributed by atoms with E-state index in [4.69, 9.17) is 8.83 Å². The Morgan fingerprint density at radius 1 is 0.223 bits per heavy atom. The van der Waals surface area contributed by atoms with Gasteiger partial charge in [0.25, 0.3) is 0 Å². The van der Waals surface area contributed by atoms with Gasteiger partial charge in [-0.25, -0.2) is 0 Å². The number of benzene rings is 14. The van der Waals surface area contributed by atoms with Crippen LogP contribution < -0.4 is 0 Å². The molecule has 20 rings (SSSR count). The van der Waals surface area contributed by atoms with Crippen LogP contribution in [0.5, 0.6) is 0 Å². The summed E-state index contributed by atoms with van der Waals surface area (Å²) in [6.45, 7) is 0. The van der Waals surface area contributed by atoms with Crippen LogP contribution in [0.25, 0.3) is 184 Å². The average molecular weight is 1240 g/mol. The minimum Gasteiger partial charge on any atom is -0.454 e. The molecular formula is C88H54N2O2S2. The highest BCUT2D eigenvalue weighted by Crippen LogP contribution is 2.47. The highest BCUT2D eigenvalue weighted by molar-refractivity contribution is 7.27. The van der Waals surface area contributed by atoms with Gasteiger partial charge in [-0.15, -0.1) is 22.7 Å². The number of thiophene rings is 2. The van der Waals surface area contributed by atoms with Crippen LogP contribution in [0.4, 0.5) is 0 Å². The molecule has 0 amide bonds. The van der Waals surface area contributed by atoms with Crippen molar-refractivity contribution >= 4 is 129 Å². The van der Waals surface area contributed by atoms with Crippen molar-refractivity contribution in [2.45, 2.75) is 0 Å². The van der Waals surface area contributed by atoms with Crippen molar-refractivity contribution in [2.24, 2.45) is 0 Å². The van der Waals surface area contributed by atoms with Crippen molar-refractivity contribution in [1.82, 2.24) is 9.13 Å². The molecule has 4 nitrogen and oxygen atoms in total. The summed E-state index contributed by atoms with van der Waals surface area (Å²) >= 11 is 3.77. The molecule has 14 aromatic carbocycles. The topological polar surface area (TPSA) is 36.1 Å². The first kappa shape index (κ1) is 54.0. The molecule has 0 saturated heterocycles. The van der Waals surface area contributed by atoms with Crippen LogP contribution >= 0.6 is 22.7 Å². The van der Waals surface area contributed by atoms with Crippen molar-refractivity contribution in [1.29, 1.82) is 0 Å². The summed E-state index contributed by atoms with van der Waals surface area (Å²) in [5.74, 6) is 0. The van der Waals surface area contributed by atoms with Crippen LogP contribution in [0.1, 0.15) is 0 Å². The second kappa shape index (κ2) is 22.0. The standard InChI is InChI=1S/2C44H27NOS/c1-3-11-29(12-4-1)33-16-9-18-35-36-19-10-17-34(44(36)47-43(33)35)30-23-21-28(22-24-30)31-25-26-40-38(27-31)41-42(46-40)37-15-7-8-20-39(37)45(41)32-13-5-2-6-14-32;1-3-9-28(10-4-1)32-19-22-35-36-23-20-33(27-42(36)47-41(35)26-32)30-17-15-29(16-18-30)31-21-24-40-38(25-31)43-44(46-40)37-13-7-8-14-39(37)45(43)34-11-5-2-6-12-34/h2*1-27H. The van der Waals surface area contributed by atoms with Gasteiger partial charge in [0.2, 0.25) is 0 Å². The molecule has 6 aromatic heterocycles. The van der Waals surface area contributed by atoms with Crippen molar-refractivity contribution in [3.05, 3.63) is 328 Å². The van der Waals surface area contributed by atoms with E-state index in [0.29, 0.717) is 0 Å². The predicted octanol–water partition coefficient (Wildman–Crippen LogP) is 25.8. The molecule has 0 bridgehead atoms. The quantitative estimate of drug-likeness (QED) is 0.152. The molecule has 6 heterocycles. The van der Waals surface area contributed by atoms with Gasteiger partial charge in [-0.3, -0.25) is 0 Å². The Labute approximate surface area is 548 Å². The van der Waals surface area contributed by atoms with Gasteiger partial charge in [-0.1, -0.05) is 243 Å². The second-order valence-electron chi connectivity index (χ2n) is 24.2. The number of nitrogens with zero attached hydrogens (tertiary/aromatic N) is 2. The Balaban J connectivity index is 0.000000133. The van der Waals surface area contributed by atoms with Crippen LogP contribution in [-0.2, 0) is 0 Å². The third-order valence-electron chi connectivity index (χ3n) is 18.8. The van der Waals surface area contributed by atoms with E-state index in [2.05, 4.69) is 337 Å². The number of aromatic nitrogens is 2. The smallest absolute Gasteiger partial charge is 0.161 e. The van der Waals surface area contributed by atoms with E-state index < -0.39 is 0 Å². The fourth-order valence-electron chi connectivity index (χ4n) is 14.3. The zero-order chi connectivity index (χ0) is 61.8. The molecule has 0 atom stereocenters. The molecule has 0 N–H and O–H groups in total. The summed E-state index contributed by atoms with van der Waals surface area (Å²) in [5.41, 5.74) is 25.2. The second-order valence-corrected chi connectivity index (χ2v) is 26.3. The van der Waals surface area contributed by atoms with Crippen molar-refractivity contribution in [2.75, 3.05) is 0 Å². The first-order valence-electron chi connectivity index (χ1n) is 31.9. The number of fused-ring (bicyclic) bond motifs is 16. The maximum Gasteiger partial charge on any atom is 0.161 e. The maximum absolute atomic E-state index is 6.52. The van der Waals surface area contributed by atoms with Gasteiger partial charge >= 0.3 is 0 Å². The van der Waals surface area contributed by atoms with Crippen LogP contribution in [0.2, 0.25) is 0 Å². The third-order valence-corrected chi connectivity index (χ3v) is 21.3. The maximum atomic E-state index is 6.52. The first-order valence-corrected chi connectivity index (χ1v) is 33.5. The van der Waals surface area contributed by atoms with E-state index in [9.17, 15) is 0 Å². The number of para-hydroxylation sites is 4. The highest BCUT2D eigenvalue weighted by Gasteiger charge is 2.23. The predicted molar refractivity (Wildman–Crippen MR) is 400 cm³/mol. The Hall–Kier alpha value is -11.8. The van der Waals surface area contributed by atoms with Gasteiger partial charge in [-0.2, -0.15) is 0 Å². The largest absolute Gasteiger partial charge is 0.454 e. The lowest BCUT2D eigenvalue weighted by molar-refractivity contribution is 0.672. The Bertz CT molecular complexity index is 6310. The fourth-order valence-corrected chi connectivity index (χ4v) is 16.9. The third kappa shape index (κ3) is 8.87. The lowest BCUT2D eigenvalue weighted by Gasteiger charge is -2.08. The van der Waals surface area contributed by atoms with E-state index in [-0.39, 0.29) is 0 Å². The minimum atomic E-state index is 0.900. The van der Waals surface area contributed by atoms with Gasteiger partial charge in [0, 0.05) is 73.3 Å². The summed E-state index contributed by atoms with van der Waals surface area (Å²) in [4.78, 5) is 0. The number of hydrogen-bond donors (Lipinski definition) is 0. The summed E-state index contributed by atoms with van der Waals surface area (Å²) in [7, 11) is 0. The lowest BCUT2D eigenvalue weighted by atomic mass is 9.98. The van der Waals surface area contributed by atoms with E-state index in [1.807, 2.05) is 22.7 Å². The Kier molecular flexibility index (Phi) is 12.6. The van der Waals surface area contributed by atoms with Crippen molar-refractivity contribution in [3.8, 4) is 78.1 Å². The zero-order valence-corrected chi connectivity index (χ0v) is 52.3. The zero-order valence-electron chi connectivity index (χ0n) is 50.7. The summed E-state index contributed by atoms with van der Waals surface area (Å²) in [6, 6.07) is 118. The number of rotatable bonds is 8. The SMILES string of the molecule is c1ccc(-c2ccc3c(c2)sc2cc(-c4ccc(-c5ccc6oc7c8ccccc8n(-c8ccccc8)c7c6c5)cc4)ccc23)cc1.c1ccc(-c2cccc3c2sc2c(-c4ccc(-c5ccc6oc7c8ccccc8n(-c8ccccc8)c7c6c5)cc4)cccc23)cc1. The molecule has 20 aromatic rings. The molecule has 0 unspecified atom stereocenters. The molecule has 0 aliphatic carbocycles. The minimum absolute atomic E-state index is 0.900. The van der Waals surface area contributed by atoms with Gasteiger partial charge < -0.3 is 18.0 Å². The van der Waals surface area contributed by atoms with E-state index >= 15 is 0 Å². The normalized spacial score (nSPS) is 11.8. The number of furan rings is 2. The van der Waals surface area contributed by atoms with Gasteiger partial charge in [0.05, 0.1) is 11.0 Å². The van der Waals surface area contributed by atoms with Crippen LogP contribution in [0, 0.1) is 0 Å².